The van der Waals surface area contributed by atoms with E-state index < -0.39 is 11.7 Å². The predicted octanol–water partition coefficient (Wildman–Crippen LogP) is 3.54. The Kier molecular flexibility index (Phi) is 6.85. The van der Waals surface area contributed by atoms with E-state index in [0.29, 0.717) is 42.8 Å². The van der Waals surface area contributed by atoms with Crippen molar-refractivity contribution in [2.45, 2.75) is 57.3 Å². The molecule has 0 aromatic carbocycles. The monoisotopic (exact) mass is 481 g/mol. The first kappa shape index (κ1) is 23.2. The maximum absolute atomic E-state index is 12.4. The van der Waals surface area contributed by atoms with Crippen LogP contribution < -0.4 is 5.32 Å². The molecule has 2 aliphatic rings. The second kappa shape index (κ2) is 9.46. The molecule has 0 radical (unpaired) electrons. The number of aliphatic hydroxyl groups excluding tert-OH is 1. The van der Waals surface area contributed by atoms with E-state index in [0.717, 1.165) is 16.3 Å². The maximum Gasteiger partial charge on any atom is 0.410 e. The van der Waals surface area contributed by atoms with Crippen LogP contribution in [0.1, 0.15) is 44.5 Å². The number of anilines is 1. The molecule has 174 valence electrons. The van der Waals surface area contributed by atoms with Crippen LogP contribution in [0, 0.1) is 0 Å². The lowest BCUT2D eigenvalue weighted by Crippen LogP contribution is -2.42. The number of rotatable bonds is 4. The van der Waals surface area contributed by atoms with Gasteiger partial charge in [0.25, 0.3) is 0 Å². The molecule has 2 fully saturated rings. The molecule has 2 aromatic heterocycles. The molecule has 2 aliphatic heterocycles. The van der Waals surface area contributed by atoms with Crippen LogP contribution in [-0.2, 0) is 9.47 Å². The minimum absolute atomic E-state index is 0.150. The van der Waals surface area contributed by atoms with Crippen molar-refractivity contribution in [3.63, 3.8) is 0 Å². The summed E-state index contributed by atoms with van der Waals surface area (Å²) in [5.74, 6) is 0.555. The van der Waals surface area contributed by atoms with Crippen molar-refractivity contribution in [2.24, 2.45) is 0 Å². The molecule has 1 unspecified atom stereocenters. The zero-order valence-corrected chi connectivity index (χ0v) is 19.9. The highest BCUT2D eigenvalue weighted by atomic mass is 35.5. The van der Waals surface area contributed by atoms with Gasteiger partial charge < -0.3 is 24.8 Å². The number of amides is 1. The fraction of sp³-hybridized carbons (Fsp3) is 0.619. The summed E-state index contributed by atoms with van der Waals surface area (Å²) in [4.78, 5) is 28.3. The molecule has 0 saturated carbocycles. The zero-order chi connectivity index (χ0) is 22.9. The molecule has 2 aromatic rings. The summed E-state index contributed by atoms with van der Waals surface area (Å²) in [7, 11) is 0. The van der Waals surface area contributed by atoms with Gasteiger partial charge in [-0.3, -0.25) is 0 Å². The van der Waals surface area contributed by atoms with E-state index in [-0.39, 0.29) is 24.7 Å². The third-order valence-electron chi connectivity index (χ3n) is 5.33. The Morgan fingerprint density at radius 3 is 2.91 bits per heavy atom. The van der Waals surface area contributed by atoms with Gasteiger partial charge in [-0.2, -0.15) is 0 Å². The van der Waals surface area contributed by atoms with Gasteiger partial charge in [0.1, 0.15) is 11.3 Å². The summed E-state index contributed by atoms with van der Waals surface area (Å²) >= 11 is 7.90. The Morgan fingerprint density at radius 1 is 1.34 bits per heavy atom. The lowest BCUT2D eigenvalue weighted by atomic mass is 10.1. The number of aliphatic hydroxyl groups is 1. The lowest BCUT2D eigenvalue weighted by molar-refractivity contribution is -0.0136. The van der Waals surface area contributed by atoms with E-state index >= 15 is 0 Å². The maximum atomic E-state index is 12.4. The van der Waals surface area contributed by atoms with Crippen LogP contribution in [-0.4, -0.2) is 75.1 Å². The van der Waals surface area contributed by atoms with Gasteiger partial charge in [-0.15, -0.1) is 11.3 Å². The van der Waals surface area contributed by atoms with Gasteiger partial charge in [0, 0.05) is 31.8 Å². The summed E-state index contributed by atoms with van der Waals surface area (Å²) < 4.78 is 10.8. The first-order chi connectivity index (χ1) is 15.2. The minimum Gasteiger partial charge on any atom is -0.444 e. The molecule has 9 nitrogen and oxygen atoms in total. The fourth-order valence-corrected chi connectivity index (χ4v) is 5.00. The Balaban J connectivity index is 1.45. The number of hydrogen-bond acceptors (Lipinski definition) is 9. The van der Waals surface area contributed by atoms with E-state index in [2.05, 4.69) is 20.3 Å². The second-order valence-corrected chi connectivity index (χ2v) is 10.5. The normalized spacial score (nSPS) is 23.9. The van der Waals surface area contributed by atoms with Crippen LogP contribution in [0.2, 0.25) is 5.02 Å². The molecule has 0 spiro atoms. The van der Waals surface area contributed by atoms with Crippen LogP contribution in [0.25, 0.3) is 10.6 Å². The van der Waals surface area contributed by atoms with Crippen molar-refractivity contribution < 1.29 is 19.4 Å². The van der Waals surface area contributed by atoms with Gasteiger partial charge in [0.2, 0.25) is 5.95 Å². The molecule has 2 saturated heterocycles. The number of thiazole rings is 1. The average molecular weight is 482 g/mol. The van der Waals surface area contributed by atoms with Crippen LogP contribution >= 0.6 is 22.9 Å². The molecule has 1 amide bonds. The van der Waals surface area contributed by atoms with Crippen molar-refractivity contribution in [1.82, 2.24) is 19.9 Å². The Labute approximate surface area is 196 Å². The third-order valence-corrected chi connectivity index (χ3v) is 6.77. The summed E-state index contributed by atoms with van der Waals surface area (Å²) in [6.07, 6.45) is 3.91. The number of nitrogens with zero attached hydrogens (tertiary/aromatic N) is 4. The molecule has 2 N–H and O–H groups in total. The van der Waals surface area contributed by atoms with Crippen LogP contribution in [0.5, 0.6) is 0 Å². The fourth-order valence-electron chi connectivity index (χ4n) is 3.71. The van der Waals surface area contributed by atoms with Gasteiger partial charge in [0.15, 0.2) is 0 Å². The topological polar surface area (TPSA) is 110 Å². The third kappa shape index (κ3) is 5.48. The number of carbonyl (C=O) groups is 1. The summed E-state index contributed by atoms with van der Waals surface area (Å²) in [5, 5.41) is 14.7. The molecule has 0 bridgehead atoms. The molecule has 4 heterocycles. The highest BCUT2D eigenvalue weighted by molar-refractivity contribution is 7.15. The van der Waals surface area contributed by atoms with Gasteiger partial charge in [-0.05, 0) is 33.6 Å². The van der Waals surface area contributed by atoms with Gasteiger partial charge >= 0.3 is 6.09 Å². The van der Waals surface area contributed by atoms with Crippen molar-refractivity contribution >= 4 is 35.0 Å². The van der Waals surface area contributed by atoms with Crippen molar-refractivity contribution in [3.8, 4) is 10.6 Å². The number of halogens is 1. The highest BCUT2D eigenvalue weighted by Crippen LogP contribution is 2.36. The average Bonchev–Trinajstić information content (AvgIpc) is 3.39. The number of aromatic nitrogens is 3. The lowest BCUT2D eigenvalue weighted by Gasteiger charge is -2.28. The van der Waals surface area contributed by atoms with Crippen LogP contribution in [0.3, 0.4) is 0 Å². The van der Waals surface area contributed by atoms with E-state index in [1.807, 2.05) is 20.8 Å². The number of likely N-dealkylation sites (tertiary alicyclic amines) is 1. The van der Waals surface area contributed by atoms with Crippen LogP contribution in [0.15, 0.2) is 12.4 Å². The van der Waals surface area contributed by atoms with Crippen LogP contribution in [0.4, 0.5) is 10.7 Å². The number of hydrogen-bond donors (Lipinski definition) is 2. The number of nitrogens with one attached hydrogen (secondary N) is 1. The quantitative estimate of drug-likeness (QED) is 0.682. The van der Waals surface area contributed by atoms with E-state index in [1.54, 1.807) is 17.3 Å². The van der Waals surface area contributed by atoms with E-state index in [4.69, 9.17) is 21.1 Å². The van der Waals surface area contributed by atoms with Gasteiger partial charge in [-0.1, -0.05) is 11.6 Å². The van der Waals surface area contributed by atoms with Crippen molar-refractivity contribution in [2.75, 3.05) is 31.6 Å². The van der Waals surface area contributed by atoms with Gasteiger partial charge in [-0.25, -0.2) is 19.7 Å². The molecule has 0 aliphatic carbocycles. The van der Waals surface area contributed by atoms with E-state index in [9.17, 15) is 9.90 Å². The first-order valence-corrected chi connectivity index (χ1v) is 11.9. The Bertz CT molecular complexity index is 966. The molecule has 3 atom stereocenters. The molecule has 4 rings (SSSR count). The smallest absolute Gasteiger partial charge is 0.410 e. The number of ether oxygens (including phenoxy) is 2. The highest BCUT2D eigenvalue weighted by Gasteiger charge is 2.32. The number of carbonyl (C=O) groups excluding carboxylic acids is 1. The first-order valence-electron chi connectivity index (χ1n) is 10.7. The van der Waals surface area contributed by atoms with E-state index in [1.165, 1.54) is 11.3 Å². The summed E-state index contributed by atoms with van der Waals surface area (Å²) in [5.41, 5.74) is 0.0798. The predicted molar refractivity (Wildman–Crippen MR) is 122 cm³/mol. The molecular formula is C21H28ClN5O4S. The molecule has 32 heavy (non-hydrogen) atoms. The van der Waals surface area contributed by atoms with Gasteiger partial charge in [0.05, 0.1) is 39.9 Å². The Morgan fingerprint density at radius 2 is 2.16 bits per heavy atom. The summed E-state index contributed by atoms with van der Waals surface area (Å²) in [6, 6.07) is -0.174. The zero-order valence-electron chi connectivity index (χ0n) is 18.4. The second-order valence-electron chi connectivity index (χ2n) is 9.05. The SMILES string of the molecule is CC(C)(C)OC(=O)N1CCC(c2ncc(-c3nc(N[C@@H]4CCOC[C@H]4O)ncc3Cl)s2)C1. The molecule has 11 heteroatoms. The minimum atomic E-state index is -0.614. The Hall–Kier alpha value is -2.01. The van der Waals surface area contributed by atoms with Crippen molar-refractivity contribution in [1.29, 1.82) is 0 Å². The van der Waals surface area contributed by atoms with Crippen molar-refractivity contribution in [3.05, 3.63) is 22.4 Å². The molecular weight excluding hydrogens is 454 g/mol. The standard InChI is InChI=1S/C21H28ClN5O4S/c1-21(2,3)31-20(29)27-6-4-12(10-27)18-23-9-16(32-18)17-13(22)8-24-19(26-17)25-14-5-7-30-11-15(14)28/h8-9,12,14-15,28H,4-7,10-11H2,1-3H3,(H,24,25,26)/t12?,14-,15-/m1/s1. The summed E-state index contributed by atoms with van der Waals surface area (Å²) in [6.45, 7) is 7.68. The largest absolute Gasteiger partial charge is 0.444 e.